The van der Waals surface area contributed by atoms with E-state index in [-0.39, 0.29) is 26.4 Å². The number of esters is 4. The lowest BCUT2D eigenvalue weighted by Crippen LogP contribution is -2.11. The van der Waals surface area contributed by atoms with Gasteiger partial charge >= 0.3 is 23.9 Å². The monoisotopic (exact) mass is 1130 g/mol. The molecule has 0 aliphatic carbocycles. The molecule has 0 unspecified atom stereocenters. The van der Waals surface area contributed by atoms with E-state index in [1.54, 1.807) is 52.0 Å². The number of hydrogen-bond donors (Lipinski definition) is 0. The molecule has 0 atom stereocenters. The zero-order valence-corrected chi connectivity index (χ0v) is 51.8. The summed E-state index contributed by atoms with van der Waals surface area (Å²) in [6, 6.07) is 16.4. The largest absolute Gasteiger partial charge is 0.493 e. The van der Waals surface area contributed by atoms with Crippen molar-refractivity contribution in [2.75, 3.05) is 52.9 Å². The summed E-state index contributed by atoms with van der Waals surface area (Å²) in [4.78, 5) is 51.3. The molecule has 12 heteroatoms. The molecule has 0 N–H and O–H groups in total. The van der Waals surface area contributed by atoms with Crippen LogP contribution in [-0.4, -0.2) is 76.7 Å². The highest BCUT2D eigenvalue weighted by molar-refractivity contribution is 5.89. The third-order valence-electron chi connectivity index (χ3n) is 13.3. The van der Waals surface area contributed by atoms with Crippen molar-refractivity contribution in [2.24, 2.45) is 23.7 Å². The summed E-state index contributed by atoms with van der Waals surface area (Å²) in [5, 5.41) is 0. The third kappa shape index (κ3) is 23.4. The average Bonchev–Trinajstić information content (AvgIpc) is 3.44. The molecule has 0 amide bonds. The van der Waals surface area contributed by atoms with Gasteiger partial charge in [-0.15, -0.1) is 0 Å². The van der Waals surface area contributed by atoms with Crippen LogP contribution >= 0.6 is 0 Å². The van der Waals surface area contributed by atoms with Crippen molar-refractivity contribution in [2.45, 2.75) is 148 Å². The molecular weight excluding hydrogens is 1030 g/mol. The van der Waals surface area contributed by atoms with E-state index in [1.165, 1.54) is 24.3 Å². The fourth-order valence-corrected chi connectivity index (χ4v) is 9.04. The van der Waals surface area contributed by atoms with Crippen molar-refractivity contribution in [1.82, 2.24) is 0 Å². The van der Waals surface area contributed by atoms with E-state index in [1.807, 2.05) is 19.1 Å². The van der Waals surface area contributed by atoms with Gasteiger partial charge in [-0.2, -0.15) is 0 Å². The normalized spacial score (nSPS) is 11.8. The molecule has 12 nitrogen and oxygen atoms in total. The minimum atomic E-state index is -0.466. The smallest absolute Gasteiger partial charge is 0.330 e. The van der Waals surface area contributed by atoms with Crippen molar-refractivity contribution in [3.8, 4) is 23.0 Å². The van der Waals surface area contributed by atoms with Gasteiger partial charge in [0.1, 0.15) is 23.0 Å². The maximum Gasteiger partial charge on any atom is 0.330 e. The number of ether oxygens (including phenoxy) is 8. The Morgan fingerprint density at radius 3 is 0.841 bits per heavy atom. The summed E-state index contributed by atoms with van der Waals surface area (Å²) in [7, 11) is 0. The Hall–Kier alpha value is -7.08. The SMILES string of the molecule is CCOC(=O)/C=C/c1cc(C)c(OCCC(C)C)c(Cc2cc(/C=C/C(=O)OCC)cc(Cc3cc(/C=C/C(=O)OCC)cc(Cc4cc(/C=C/C(=O)OCC)cc(CC)c4OCCC(C)C)c3OCCC(C)C)c2OCCC(C)C)c1. The first kappa shape index (κ1) is 67.4. The molecule has 0 radical (unpaired) electrons. The van der Waals surface area contributed by atoms with Crippen molar-refractivity contribution < 1.29 is 57.1 Å². The number of benzene rings is 4. The number of carbonyl (C=O) groups is 4. The molecule has 4 rings (SSSR count). The number of aryl methyl sites for hydroxylation is 2. The maximum atomic E-state index is 13.0. The Labute approximate surface area is 490 Å². The predicted octanol–water partition coefficient (Wildman–Crippen LogP) is 15.3. The second-order valence-electron chi connectivity index (χ2n) is 22.2. The van der Waals surface area contributed by atoms with Crippen LogP contribution in [0.4, 0.5) is 0 Å². The van der Waals surface area contributed by atoms with Crippen molar-refractivity contribution >= 4 is 48.2 Å². The van der Waals surface area contributed by atoms with Gasteiger partial charge in [-0.1, -0.05) is 62.3 Å². The van der Waals surface area contributed by atoms with Gasteiger partial charge in [-0.05, 0) is 230 Å². The molecule has 0 spiro atoms. The van der Waals surface area contributed by atoms with E-state index in [2.05, 4.69) is 98.7 Å². The molecule has 0 aromatic heterocycles. The van der Waals surface area contributed by atoms with Crippen molar-refractivity contribution in [3.63, 3.8) is 0 Å². The fourth-order valence-electron chi connectivity index (χ4n) is 9.04. The molecule has 0 heterocycles. The molecule has 0 saturated carbocycles. The average molecular weight is 1130 g/mol. The van der Waals surface area contributed by atoms with Gasteiger partial charge in [-0.3, -0.25) is 0 Å². The molecular formula is C70H94O12. The number of rotatable bonds is 35. The van der Waals surface area contributed by atoms with Gasteiger partial charge in [0, 0.05) is 43.6 Å². The molecule has 0 saturated heterocycles. The van der Waals surface area contributed by atoms with Gasteiger partial charge in [0.2, 0.25) is 0 Å². The highest BCUT2D eigenvalue weighted by atomic mass is 16.5. The lowest BCUT2D eigenvalue weighted by Gasteiger charge is -2.23. The van der Waals surface area contributed by atoms with Crippen molar-refractivity contribution in [1.29, 1.82) is 0 Å². The van der Waals surface area contributed by atoms with Gasteiger partial charge in [0.15, 0.2) is 0 Å². The van der Waals surface area contributed by atoms with Gasteiger partial charge in [0.05, 0.1) is 52.9 Å². The van der Waals surface area contributed by atoms with Crippen LogP contribution in [0.1, 0.15) is 182 Å². The zero-order chi connectivity index (χ0) is 60.1. The summed E-state index contributed by atoms with van der Waals surface area (Å²) >= 11 is 0. The maximum absolute atomic E-state index is 13.0. The fraction of sp³-hybridized carbons (Fsp3) is 0.486. The minimum absolute atomic E-state index is 0.227. The van der Waals surface area contributed by atoms with Crippen LogP contribution in [0.2, 0.25) is 0 Å². The molecule has 4 aromatic rings. The second-order valence-corrected chi connectivity index (χ2v) is 22.2. The minimum Gasteiger partial charge on any atom is -0.493 e. The molecule has 82 heavy (non-hydrogen) atoms. The van der Waals surface area contributed by atoms with Crippen LogP contribution in [-0.2, 0) is 63.8 Å². The summed E-state index contributed by atoms with van der Waals surface area (Å²) < 4.78 is 48.7. The first-order valence-electron chi connectivity index (χ1n) is 29.8. The van der Waals surface area contributed by atoms with E-state index in [0.29, 0.717) is 87.3 Å². The van der Waals surface area contributed by atoms with Crippen LogP contribution in [0.25, 0.3) is 24.3 Å². The predicted molar refractivity (Wildman–Crippen MR) is 331 cm³/mol. The standard InChI is InChI=1S/C70H94O12/c1-15-56-37-53(21-25-64(72)76-17-3)39-58(68(56)80-33-29-48(8)9)45-60-41-55(23-27-66(74)78-19-5)43-62(70(60)82-35-31-50(12)13)46-61-42-54(22-26-65(73)77-18-4)40-59(69(61)81-34-30-49(10)11)44-57-38-52(20-24-63(71)75-16-2)36-51(14)67(57)79-32-28-47(6)7/h20-27,36-43,47-50H,15-19,28-35,44-46H2,1-14H3/b24-20+,25-21+,26-22+,27-23+. The topological polar surface area (TPSA) is 142 Å². The molecule has 0 aliphatic heterocycles. The number of carbonyl (C=O) groups excluding carboxylic acids is 4. The van der Waals surface area contributed by atoms with E-state index in [0.717, 1.165) is 104 Å². The zero-order valence-electron chi connectivity index (χ0n) is 51.8. The molecule has 446 valence electrons. The van der Waals surface area contributed by atoms with E-state index < -0.39 is 23.9 Å². The number of hydrogen-bond acceptors (Lipinski definition) is 12. The van der Waals surface area contributed by atoms with E-state index in [4.69, 9.17) is 37.9 Å². The Balaban J connectivity index is 2.17. The highest BCUT2D eigenvalue weighted by Gasteiger charge is 2.23. The van der Waals surface area contributed by atoms with Gasteiger partial charge < -0.3 is 37.9 Å². The van der Waals surface area contributed by atoms with Crippen LogP contribution in [0.3, 0.4) is 0 Å². The summed E-state index contributed by atoms with van der Waals surface area (Å²) in [5.41, 5.74) is 10.2. The summed E-state index contributed by atoms with van der Waals surface area (Å²) in [6.07, 6.45) is 17.9. The summed E-state index contributed by atoms with van der Waals surface area (Å²) in [6.45, 7) is 31.5. The Morgan fingerprint density at radius 2 is 0.585 bits per heavy atom. The second kappa shape index (κ2) is 35.7. The molecule has 0 bridgehead atoms. The first-order valence-corrected chi connectivity index (χ1v) is 29.8. The van der Waals surface area contributed by atoms with E-state index in [9.17, 15) is 19.2 Å². The first-order chi connectivity index (χ1) is 39.3. The Kier molecular flexibility index (Phi) is 29.4. The molecule has 0 fully saturated rings. The summed E-state index contributed by atoms with van der Waals surface area (Å²) in [5.74, 6) is 2.66. The van der Waals surface area contributed by atoms with Gasteiger partial charge in [0.25, 0.3) is 0 Å². The molecule has 4 aromatic carbocycles. The lowest BCUT2D eigenvalue weighted by atomic mass is 9.90. The highest BCUT2D eigenvalue weighted by Crippen LogP contribution is 2.40. The van der Waals surface area contributed by atoms with Crippen molar-refractivity contribution in [3.05, 3.63) is 140 Å². The van der Waals surface area contributed by atoms with Gasteiger partial charge in [-0.25, -0.2) is 19.2 Å². The van der Waals surface area contributed by atoms with E-state index >= 15 is 0 Å². The van der Waals surface area contributed by atoms with Crippen LogP contribution in [0, 0.1) is 30.6 Å². The lowest BCUT2D eigenvalue weighted by molar-refractivity contribution is -0.138. The Bertz CT molecular complexity index is 2830. The molecule has 0 aliphatic rings. The third-order valence-corrected chi connectivity index (χ3v) is 13.3. The van der Waals surface area contributed by atoms with Crippen LogP contribution in [0.5, 0.6) is 23.0 Å². The van der Waals surface area contributed by atoms with Crippen LogP contribution < -0.4 is 18.9 Å². The Morgan fingerprint density at radius 1 is 0.354 bits per heavy atom. The van der Waals surface area contributed by atoms with Crippen LogP contribution in [0.15, 0.2) is 72.8 Å². The quantitative estimate of drug-likeness (QED) is 0.0246.